The molecule has 0 unspecified atom stereocenters. The molecule has 1 aromatic rings. The third-order valence-corrected chi connectivity index (χ3v) is 7.08. The highest BCUT2D eigenvalue weighted by molar-refractivity contribution is 7.91. The zero-order valence-corrected chi connectivity index (χ0v) is 13.5. The smallest absolute Gasteiger partial charge is 0.304 e. The van der Waals surface area contributed by atoms with Gasteiger partial charge in [0, 0.05) is 19.2 Å². The molecule has 7 nitrogen and oxygen atoms in total. The summed E-state index contributed by atoms with van der Waals surface area (Å²) >= 11 is 0.761. The summed E-state index contributed by atoms with van der Waals surface area (Å²) < 4.78 is 26.4. The van der Waals surface area contributed by atoms with Crippen LogP contribution in [0, 0.1) is 16.0 Å². The fourth-order valence-corrected chi connectivity index (χ4v) is 5.46. The van der Waals surface area contributed by atoms with Gasteiger partial charge in [-0.05, 0) is 18.8 Å². The Morgan fingerprint density at radius 2 is 2.10 bits per heavy atom. The highest BCUT2D eigenvalue weighted by atomic mass is 32.2. The molecule has 1 fully saturated rings. The standard InChI is InChI=1S/C12H19N3O4S2/c1-2-3-9-4-6-14(7-5-9)21(18,19)11-8-10(15(16)17)12(13)20-11/h8-9H,2-7,13H2,1H3. The highest BCUT2D eigenvalue weighted by Gasteiger charge is 2.32. The molecule has 1 saturated heterocycles. The Bertz CT molecular complexity index is 618. The predicted octanol–water partition coefficient (Wildman–Crippen LogP) is 2.44. The summed E-state index contributed by atoms with van der Waals surface area (Å²) in [7, 11) is -3.67. The summed E-state index contributed by atoms with van der Waals surface area (Å²) in [6.07, 6.45) is 3.91. The molecule has 21 heavy (non-hydrogen) atoms. The van der Waals surface area contributed by atoms with E-state index in [9.17, 15) is 18.5 Å². The topological polar surface area (TPSA) is 107 Å². The average Bonchev–Trinajstić information content (AvgIpc) is 2.83. The maximum absolute atomic E-state index is 12.5. The summed E-state index contributed by atoms with van der Waals surface area (Å²) in [5.41, 5.74) is 5.19. The number of hydrogen-bond donors (Lipinski definition) is 1. The number of nitrogens with zero attached hydrogens (tertiary/aromatic N) is 2. The van der Waals surface area contributed by atoms with E-state index in [1.807, 2.05) is 0 Å². The van der Waals surface area contributed by atoms with E-state index in [-0.39, 0.29) is 14.9 Å². The monoisotopic (exact) mass is 333 g/mol. The second-order valence-corrected chi connectivity index (χ2v) is 8.46. The van der Waals surface area contributed by atoms with E-state index in [1.54, 1.807) is 0 Å². The van der Waals surface area contributed by atoms with Crippen LogP contribution in [0.3, 0.4) is 0 Å². The molecule has 9 heteroatoms. The number of nitrogens with two attached hydrogens (primary N) is 1. The van der Waals surface area contributed by atoms with Gasteiger partial charge in [-0.1, -0.05) is 31.1 Å². The summed E-state index contributed by atoms with van der Waals surface area (Å²) in [6.45, 7) is 3.06. The van der Waals surface area contributed by atoms with E-state index in [0.717, 1.165) is 43.1 Å². The van der Waals surface area contributed by atoms with E-state index in [0.29, 0.717) is 19.0 Å². The fraction of sp³-hybridized carbons (Fsp3) is 0.667. The van der Waals surface area contributed by atoms with Gasteiger partial charge in [0.15, 0.2) is 5.00 Å². The fourth-order valence-electron chi connectivity index (χ4n) is 2.62. The van der Waals surface area contributed by atoms with E-state index < -0.39 is 14.9 Å². The first-order valence-electron chi connectivity index (χ1n) is 6.90. The van der Waals surface area contributed by atoms with Crippen molar-refractivity contribution in [2.75, 3.05) is 18.8 Å². The van der Waals surface area contributed by atoms with Crippen LogP contribution in [0.5, 0.6) is 0 Å². The molecular formula is C12H19N3O4S2. The van der Waals surface area contributed by atoms with Crippen LogP contribution in [0.15, 0.2) is 10.3 Å². The molecule has 0 saturated carbocycles. The van der Waals surface area contributed by atoms with E-state index in [4.69, 9.17) is 5.73 Å². The number of nitrogen functional groups attached to an aromatic ring is 1. The van der Waals surface area contributed by atoms with Crippen molar-refractivity contribution >= 4 is 32.0 Å². The lowest BCUT2D eigenvalue weighted by atomic mass is 9.94. The molecule has 2 N–H and O–H groups in total. The molecule has 1 aromatic heterocycles. The number of nitro groups is 1. The minimum absolute atomic E-state index is 0.0411. The maximum atomic E-state index is 12.5. The van der Waals surface area contributed by atoms with Gasteiger partial charge in [-0.2, -0.15) is 4.31 Å². The molecular weight excluding hydrogens is 314 g/mol. The molecule has 118 valence electrons. The van der Waals surface area contributed by atoms with Crippen LogP contribution in [0.4, 0.5) is 10.7 Å². The van der Waals surface area contributed by atoms with Gasteiger partial charge in [0.05, 0.1) is 4.92 Å². The molecule has 0 bridgehead atoms. The molecule has 0 atom stereocenters. The lowest BCUT2D eigenvalue weighted by Gasteiger charge is -2.30. The summed E-state index contributed by atoms with van der Waals surface area (Å²) in [5, 5.41) is 10.7. The number of rotatable bonds is 5. The van der Waals surface area contributed by atoms with Crippen LogP contribution in [0.25, 0.3) is 0 Å². The van der Waals surface area contributed by atoms with Crippen molar-refractivity contribution < 1.29 is 13.3 Å². The molecule has 2 rings (SSSR count). The Labute approximate surface area is 127 Å². The number of piperidine rings is 1. The SMILES string of the molecule is CCCC1CCN(S(=O)(=O)c2cc([N+](=O)[O-])c(N)s2)CC1. The Hall–Kier alpha value is -1.19. The highest BCUT2D eigenvalue weighted by Crippen LogP contribution is 2.37. The Morgan fingerprint density at radius 3 is 2.57 bits per heavy atom. The number of thiophene rings is 1. The van der Waals surface area contributed by atoms with Crippen LogP contribution >= 0.6 is 11.3 Å². The summed E-state index contributed by atoms with van der Waals surface area (Å²) in [5.74, 6) is 0.573. The van der Waals surface area contributed by atoms with Gasteiger partial charge < -0.3 is 5.73 Å². The van der Waals surface area contributed by atoms with Gasteiger partial charge in [0.1, 0.15) is 4.21 Å². The van der Waals surface area contributed by atoms with Gasteiger partial charge in [-0.25, -0.2) is 8.42 Å². The quantitative estimate of drug-likeness (QED) is 0.658. The normalized spacial score (nSPS) is 18.0. The van der Waals surface area contributed by atoms with Crippen molar-refractivity contribution in [3.05, 3.63) is 16.2 Å². The predicted molar refractivity (Wildman–Crippen MR) is 81.8 cm³/mol. The van der Waals surface area contributed by atoms with E-state index >= 15 is 0 Å². The lowest BCUT2D eigenvalue weighted by molar-refractivity contribution is -0.383. The second-order valence-electron chi connectivity index (χ2n) is 5.21. The van der Waals surface area contributed by atoms with Crippen molar-refractivity contribution in [1.29, 1.82) is 0 Å². The van der Waals surface area contributed by atoms with Gasteiger partial charge in [0.25, 0.3) is 10.0 Å². The Morgan fingerprint density at radius 1 is 1.48 bits per heavy atom. The van der Waals surface area contributed by atoms with Crippen molar-refractivity contribution in [3.63, 3.8) is 0 Å². The number of sulfonamides is 1. The molecule has 2 heterocycles. The molecule has 0 radical (unpaired) electrons. The minimum atomic E-state index is -3.67. The molecule has 0 amide bonds. The van der Waals surface area contributed by atoms with Crippen LogP contribution in [-0.2, 0) is 10.0 Å². The third kappa shape index (κ3) is 3.35. The molecule has 1 aliphatic rings. The van der Waals surface area contributed by atoms with E-state index in [2.05, 4.69) is 6.92 Å². The lowest BCUT2D eigenvalue weighted by Crippen LogP contribution is -2.38. The molecule has 0 aromatic carbocycles. The second kappa shape index (κ2) is 6.29. The zero-order chi connectivity index (χ0) is 15.6. The minimum Gasteiger partial charge on any atom is -0.385 e. The third-order valence-electron chi connectivity index (χ3n) is 3.78. The van der Waals surface area contributed by atoms with Gasteiger partial charge in [0.2, 0.25) is 0 Å². The zero-order valence-electron chi connectivity index (χ0n) is 11.8. The van der Waals surface area contributed by atoms with Gasteiger partial charge in [-0.15, -0.1) is 0 Å². The molecule has 1 aliphatic heterocycles. The summed E-state index contributed by atoms with van der Waals surface area (Å²) in [6, 6.07) is 1.06. The Kier molecular flexibility index (Phi) is 4.84. The number of anilines is 1. The van der Waals surface area contributed by atoms with Crippen molar-refractivity contribution in [1.82, 2.24) is 4.31 Å². The van der Waals surface area contributed by atoms with Crippen molar-refractivity contribution in [2.24, 2.45) is 5.92 Å². The van der Waals surface area contributed by atoms with Crippen LogP contribution in [0.1, 0.15) is 32.6 Å². The molecule has 0 spiro atoms. The van der Waals surface area contributed by atoms with Crippen LogP contribution < -0.4 is 5.73 Å². The van der Waals surface area contributed by atoms with Crippen LogP contribution in [0.2, 0.25) is 0 Å². The van der Waals surface area contributed by atoms with Gasteiger partial charge in [-0.3, -0.25) is 10.1 Å². The first-order chi connectivity index (χ1) is 9.86. The Balaban J connectivity index is 2.16. The van der Waals surface area contributed by atoms with Crippen molar-refractivity contribution in [3.8, 4) is 0 Å². The molecule has 0 aliphatic carbocycles. The first kappa shape index (κ1) is 16.2. The average molecular weight is 333 g/mol. The largest absolute Gasteiger partial charge is 0.385 e. The first-order valence-corrected chi connectivity index (χ1v) is 9.15. The summed E-state index contributed by atoms with van der Waals surface area (Å²) in [4.78, 5) is 10.1. The maximum Gasteiger partial charge on any atom is 0.304 e. The van der Waals surface area contributed by atoms with Crippen LogP contribution in [-0.4, -0.2) is 30.7 Å². The van der Waals surface area contributed by atoms with E-state index in [1.165, 1.54) is 4.31 Å². The van der Waals surface area contributed by atoms with Crippen molar-refractivity contribution in [2.45, 2.75) is 36.8 Å². The number of hydrogen-bond acceptors (Lipinski definition) is 6. The van der Waals surface area contributed by atoms with Gasteiger partial charge >= 0.3 is 5.69 Å².